The summed E-state index contributed by atoms with van der Waals surface area (Å²) in [6.45, 7) is 2.87. The Morgan fingerprint density at radius 1 is 1.16 bits per heavy atom. The van der Waals surface area contributed by atoms with E-state index in [0.29, 0.717) is 29.9 Å². The van der Waals surface area contributed by atoms with E-state index >= 15 is 0 Å². The number of amides is 1. The summed E-state index contributed by atoms with van der Waals surface area (Å²) in [5, 5.41) is 8.14. The van der Waals surface area contributed by atoms with Crippen molar-refractivity contribution >= 4 is 28.4 Å². The Labute approximate surface area is 150 Å². The van der Waals surface area contributed by atoms with Gasteiger partial charge in [0.05, 0.1) is 5.52 Å². The maximum absolute atomic E-state index is 12.6. The number of carbonyl (C=O) groups is 1. The first-order valence-electron chi connectivity index (χ1n) is 8.13. The quantitative estimate of drug-likeness (QED) is 0.765. The molecule has 0 saturated heterocycles. The average Bonchev–Trinajstić information content (AvgIpc) is 2.64. The molecule has 0 aliphatic rings. The predicted octanol–water partition coefficient (Wildman–Crippen LogP) is 3.04. The topological polar surface area (TPSA) is 64.0 Å². The molecule has 0 saturated carbocycles. The number of nitrogens with one attached hydrogen (secondary N) is 1. The molecule has 0 unspecified atom stereocenters. The molecule has 1 heterocycles. The minimum Gasteiger partial charge on any atom is -0.350 e. The lowest BCUT2D eigenvalue weighted by atomic mass is 10.1. The molecule has 0 fully saturated rings. The second kappa shape index (κ2) is 7.49. The highest BCUT2D eigenvalue weighted by molar-refractivity contribution is 6.31. The standard InChI is InChI=1S/C19H18ClN3O2/c1-2-23-16-10-6-4-8-14(16)18(24)17(22-23)19(25)21-12-11-13-7-3-5-9-15(13)20/h3-10H,2,11-12H2,1H3,(H,21,25). The summed E-state index contributed by atoms with van der Waals surface area (Å²) in [6.07, 6.45) is 0.584. The Morgan fingerprint density at radius 3 is 2.64 bits per heavy atom. The number of aryl methyl sites for hydroxylation is 1. The summed E-state index contributed by atoms with van der Waals surface area (Å²) in [6, 6.07) is 14.6. The van der Waals surface area contributed by atoms with Crippen LogP contribution in [0.15, 0.2) is 53.3 Å². The number of fused-ring (bicyclic) bond motifs is 1. The molecule has 3 rings (SSSR count). The van der Waals surface area contributed by atoms with Crippen LogP contribution in [-0.2, 0) is 13.0 Å². The second-order valence-electron chi connectivity index (χ2n) is 5.61. The van der Waals surface area contributed by atoms with Crippen molar-refractivity contribution < 1.29 is 4.79 Å². The molecule has 1 amide bonds. The van der Waals surface area contributed by atoms with Crippen LogP contribution in [0.25, 0.3) is 10.9 Å². The molecule has 3 aromatic rings. The Hall–Kier alpha value is -2.66. The molecule has 0 radical (unpaired) electrons. The van der Waals surface area contributed by atoms with Gasteiger partial charge in [0, 0.05) is 23.5 Å². The second-order valence-corrected chi connectivity index (χ2v) is 6.02. The van der Waals surface area contributed by atoms with Gasteiger partial charge >= 0.3 is 0 Å². The van der Waals surface area contributed by atoms with Crippen LogP contribution >= 0.6 is 11.6 Å². The van der Waals surface area contributed by atoms with E-state index in [2.05, 4.69) is 10.4 Å². The molecule has 128 valence electrons. The van der Waals surface area contributed by atoms with Crippen molar-refractivity contribution in [2.75, 3.05) is 6.54 Å². The van der Waals surface area contributed by atoms with Gasteiger partial charge in [0.2, 0.25) is 5.43 Å². The Balaban J connectivity index is 1.81. The van der Waals surface area contributed by atoms with Gasteiger partial charge in [0.1, 0.15) is 0 Å². The molecule has 0 spiro atoms. The van der Waals surface area contributed by atoms with Gasteiger partial charge in [-0.1, -0.05) is 41.9 Å². The van der Waals surface area contributed by atoms with Gasteiger partial charge in [-0.2, -0.15) is 5.10 Å². The zero-order valence-corrected chi connectivity index (χ0v) is 14.6. The van der Waals surface area contributed by atoms with E-state index in [4.69, 9.17) is 11.6 Å². The number of benzene rings is 2. The highest BCUT2D eigenvalue weighted by Crippen LogP contribution is 2.15. The van der Waals surface area contributed by atoms with Crippen LogP contribution in [0.3, 0.4) is 0 Å². The SMILES string of the molecule is CCn1nc(C(=O)NCCc2ccccc2Cl)c(=O)c2ccccc21. The van der Waals surface area contributed by atoms with Crippen LogP contribution in [0.5, 0.6) is 0 Å². The lowest BCUT2D eigenvalue weighted by Crippen LogP contribution is -2.33. The fourth-order valence-electron chi connectivity index (χ4n) is 2.72. The molecule has 0 atom stereocenters. The first-order chi connectivity index (χ1) is 12.1. The maximum Gasteiger partial charge on any atom is 0.275 e. The number of nitrogens with zero attached hydrogens (tertiary/aromatic N) is 2. The summed E-state index contributed by atoms with van der Waals surface area (Å²) in [5.41, 5.74) is 1.24. The van der Waals surface area contributed by atoms with Gasteiger partial charge in [-0.25, -0.2) is 0 Å². The number of hydrogen-bond acceptors (Lipinski definition) is 3. The first-order valence-corrected chi connectivity index (χ1v) is 8.51. The molecule has 0 aliphatic carbocycles. The molecule has 0 bridgehead atoms. The van der Waals surface area contributed by atoms with E-state index in [1.54, 1.807) is 16.8 Å². The molecule has 6 heteroatoms. The van der Waals surface area contributed by atoms with Crippen molar-refractivity contribution in [3.05, 3.63) is 75.0 Å². The van der Waals surface area contributed by atoms with Crippen LogP contribution in [0.4, 0.5) is 0 Å². The third-order valence-corrected chi connectivity index (χ3v) is 4.38. The van der Waals surface area contributed by atoms with E-state index < -0.39 is 5.91 Å². The number of rotatable bonds is 5. The fraction of sp³-hybridized carbons (Fsp3) is 0.211. The smallest absolute Gasteiger partial charge is 0.275 e. The van der Waals surface area contributed by atoms with Gasteiger partial charge in [-0.05, 0) is 37.1 Å². The Bertz CT molecular complexity index is 982. The molecule has 0 aliphatic heterocycles. The van der Waals surface area contributed by atoms with Crippen molar-refractivity contribution in [3.63, 3.8) is 0 Å². The van der Waals surface area contributed by atoms with E-state index in [9.17, 15) is 9.59 Å². The minimum absolute atomic E-state index is 0.0836. The lowest BCUT2D eigenvalue weighted by molar-refractivity contribution is 0.0946. The molecule has 1 N–H and O–H groups in total. The number of para-hydroxylation sites is 1. The summed E-state index contributed by atoms with van der Waals surface area (Å²) in [5.74, 6) is -0.468. The molecular formula is C19H18ClN3O2. The number of aromatic nitrogens is 2. The van der Waals surface area contributed by atoms with Gasteiger partial charge in [-0.3, -0.25) is 14.3 Å². The number of hydrogen-bond donors (Lipinski definition) is 1. The Morgan fingerprint density at radius 2 is 1.88 bits per heavy atom. The largest absolute Gasteiger partial charge is 0.350 e. The van der Waals surface area contributed by atoms with Crippen LogP contribution < -0.4 is 10.7 Å². The monoisotopic (exact) mass is 355 g/mol. The van der Waals surface area contributed by atoms with Crippen molar-refractivity contribution in [2.45, 2.75) is 19.9 Å². The third kappa shape index (κ3) is 3.56. The molecular weight excluding hydrogens is 338 g/mol. The molecule has 25 heavy (non-hydrogen) atoms. The number of halogens is 1. The summed E-state index contributed by atoms with van der Waals surface area (Å²) >= 11 is 6.11. The van der Waals surface area contributed by atoms with Gasteiger partial charge < -0.3 is 5.32 Å². The zero-order chi connectivity index (χ0) is 17.8. The van der Waals surface area contributed by atoms with E-state index in [-0.39, 0.29) is 11.1 Å². The van der Waals surface area contributed by atoms with Gasteiger partial charge in [-0.15, -0.1) is 0 Å². The van der Waals surface area contributed by atoms with Crippen molar-refractivity contribution in [1.29, 1.82) is 0 Å². The Kier molecular flexibility index (Phi) is 5.14. The molecule has 1 aromatic heterocycles. The van der Waals surface area contributed by atoms with Crippen LogP contribution in [0.1, 0.15) is 23.0 Å². The average molecular weight is 356 g/mol. The third-order valence-electron chi connectivity index (χ3n) is 4.01. The summed E-state index contributed by atoms with van der Waals surface area (Å²) in [4.78, 5) is 25.0. The van der Waals surface area contributed by atoms with Crippen LogP contribution in [0.2, 0.25) is 5.02 Å². The fourth-order valence-corrected chi connectivity index (χ4v) is 2.95. The van der Waals surface area contributed by atoms with Crippen molar-refractivity contribution in [3.8, 4) is 0 Å². The highest BCUT2D eigenvalue weighted by Gasteiger charge is 2.16. The van der Waals surface area contributed by atoms with Crippen molar-refractivity contribution in [1.82, 2.24) is 15.1 Å². The van der Waals surface area contributed by atoms with Crippen molar-refractivity contribution in [2.24, 2.45) is 0 Å². The number of carbonyl (C=O) groups excluding carboxylic acids is 1. The maximum atomic E-state index is 12.6. The van der Waals surface area contributed by atoms with Crippen LogP contribution in [0, 0.1) is 0 Å². The zero-order valence-electron chi connectivity index (χ0n) is 13.8. The van der Waals surface area contributed by atoms with Gasteiger partial charge in [0.15, 0.2) is 5.69 Å². The molecule has 2 aromatic carbocycles. The van der Waals surface area contributed by atoms with E-state index in [1.165, 1.54) is 0 Å². The van der Waals surface area contributed by atoms with E-state index in [1.807, 2.05) is 43.3 Å². The highest BCUT2D eigenvalue weighted by atomic mass is 35.5. The molecule has 5 nitrogen and oxygen atoms in total. The lowest BCUT2D eigenvalue weighted by Gasteiger charge is -2.10. The summed E-state index contributed by atoms with van der Waals surface area (Å²) < 4.78 is 1.67. The first kappa shape index (κ1) is 17.2. The van der Waals surface area contributed by atoms with Gasteiger partial charge in [0.25, 0.3) is 5.91 Å². The van der Waals surface area contributed by atoms with Crippen LogP contribution in [-0.4, -0.2) is 22.2 Å². The van der Waals surface area contributed by atoms with E-state index in [0.717, 1.165) is 11.1 Å². The summed E-state index contributed by atoms with van der Waals surface area (Å²) in [7, 11) is 0. The predicted molar refractivity (Wildman–Crippen MR) is 99.2 cm³/mol. The normalized spacial score (nSPS) is 10.8. The minimum atomic E-state index is -0.468.